The monoisotopic (exact) mass is 369 g/mol. The van der Waals surface area contributed by atoms with Gasteiger partial charge in [0.05, 0.1) is 10.5 Å². The lowest BCUT2D eigenvalue weighted by atomic mass is 10.1. The standard InChI is InChI=1S/C17H11N3O5S/c21-15-14(18-17(26)19-15)9-10-2-1-3-13(8-10)25-16(22)11-4-6-12(7-5-11)20(23)24/h1-9H,(H2,18,19,21,26)/b14-9+. The molecule has 1 aliphatic heterocycles. The van der Waals surface area contributed by atoms with Crippen LogP contribution in [-0.4, -0.2) is 21.9 Å². The Morgan fingerprint density at radius 3 is 2.50 bits per heavy atom. The summed E-state index contributed by atoms with van der Waals surface area (Å²) in [5.41, 5.74) is 0.979. The van der Waals surface area contributed by atoms with Crippen LogP contribution in [-0.2, 0) is 4.79 Å². The van der Waals surface area contributed by atoms with Crippen molar-refractivity contribution in [2.75, 3.05) is 0 Å². The maximum atomic E-state index is 12.1. The number of benzene rings is 2. The number of nitrogens with zero attached hydrogens (tertiary/aromatic N) is 1. The Bertz CT molecular complexity index is 953. The third-order valence-electron chi connectivity index (χ3n) is 3.41. The van der Waals surface area contributed by atoms with E-state index < -0.39 is 10.9 Å². The van der Waals surface area contributed by atoms with Crippen molar-refractivity contribution in [2.24, 2.45) is 0 Å². The number of esters is 1. The SMILES string of the molecule is O=C1NC(=S)N/C1=C/c1cccc(OC(=O)c2ccc([N+](=O)[O-])cc2)c1. The van der Waals surface area contributed by atoms with Crippen LogP contribution in [0.1, 0.15) is 15.9 Å². The molecule has 1 fully saturated rings. The van der Waals surface area contributed by atoms with Crippen LogP contribution in [0.5, 0.6) is 5.75 Å². The van der Waals surface area contributed by atoms with Gasteiger partial charge in [-0.05, 0) is 48.1 Å². The molecular formula is C17H11N3O5S. The van der Waals surface area contributed by atoms with Crippen molar-refractivity contribution in [3.8, 4) is 5.75 Å². The Labute approximate surface area is 152 Å². The summed E-state index contributed by atoms with van der Waals surface area (Å²) in [6.45, 7) is 0. The first-order valence-corrected chi connectivity index (χ1v) is 7.74. The van der Waals surface area contributed by atoms with Gasteiger partial charge in [0, 0.05) is 12.1 Å². The van der Waals surface area contributed by atoms with Gasteiger partial charge in [-0.15, -0.1) is 0 Å². The normalized spacial score (nSPS) is 14.7. The molecule has 3 rings (SSSR count). The van der Waals surface area contributed by atoms with Gasteiger partial charge < -0.3 is 10.1 Å². The minimum atomic E-state index is -0.650. The second kappa shape index (κ2) is 7.11. The summed E-state index contributed by atoms with van der Waals surface area (Å²) in [7, 11) is 0. The highest BCUT2D eigenvalue weighted by molar-refractivity contribution is 7.80. The first kappa shape index (κ1) is 17.2. The molecule has 2 aromatic rings. The smallest absolute Gasteiger partial charge is 0.343 e. The van der Waals surface area contributed by atoms with Crippen LogP contribution < -0.4 is 15.4 Å². The summed E-state index contributed by atoms with van der Waals surface area (Å²) in [5.74, 6) is -0.727. The van der Waals surface area contributed by atoms with Gasteiger partial charge in [-0.2, -0.15) is 0 Å². The number of hydrogen-bond acceptors (Lipinski definition) is 6. The number of nitro benzene ring substituents is 1. The van der Waals surface area contributed by atoms with Gasteiger partial charge >= 0.3 is 5.97 Å². The fraction of sp³-hybridized carbons (Fsp3) is 0. The largest absolute Gasteiger partial charge is 0.423 e. The number of carbonyl (C=O) groups excluding carboxylic acids is 2. The Hall–Kier alpha value is -3.59. The van der Waals surface area contributed by atoms with E-state index >= 15 is 0 Å². The number of carbonyl (C=O) groups is 2. The van der Waals surface area contributed by atoms with E-state index in [9.17, 15) is 19.7 Å². The van der Waals surface area contributed by atoms with Gasteiger partial charge in [-0.25, -0.2) is 4.79 Å². The van der Waals surface area contributed by atoms with Crippen molar-refractivity contribution in [3.63, 3.8) is 0 Å². The van der Waals surface area contributed by atoms with E-state index in [2.05, 4.69) is 10.6 Å². The highest BCUT2D eigenvalue weighted by atomic mass is 32.1. The lowest BCUT2D eigenvalue weighted by molar-refractivity contribution is -0.384. The number of non-ortho nitro benzene ring substituents is 1. The molecule has 9 heteroatoms. The summed E-state index contributed by atoms with van der Waals surface area (Å²) in [6.07, 6.45) is 1.57. The average Bonchev–Trinajstić information content (AvgIpc) is 2.92. The number of nitro groups is 1. The van der Waals surface area contributed by atoms with E-state index in [0.29, 0.717) is 5.56 Å². The van der Waals surface area contributed by atoms with Crippen molar-refractivity contribution in [1.29, 1.82) is 0 Å². The van der Waals surface area contributed by atoms with E-state index in [0.717, 1.165) is 0 Å². The fourth-order valence-corrected chi connectivity index (χ4v) is 2.40. The van der Waals surface area contributed by atoms with Crippen molar-refractivity contribution in [2.45, 2.75) is 0 Å². The molecule has 0 saturated carbocycles. The van der Waals surface area contributed by atoms with Gasteiger partial charge in [0.2, 0.25) is 0 Å². The number of thiocarbonyl (C=S) groups is 1. The second-order valence-electron chi connectivity index (χ2n) is 5.23. The maximum Gasteiger partial charge on any atom is 0.343 e. The zero-order chi connectivity index (χ0) is 18.7. The zero-order valence-corrected chi connectivity index (χ0v) is 13.9. The number of amides is 1. The molecule has 0 unspecified atom stereocenters. The van der Waals surface area contributed by atoms with Crippen molar-refractivity contribution < 1.29 is 19.2 Å². The van der Waals surface area contributed by atoms with E-state index in [4.69, 9.17) is 17.0 Å². The van der Waals surface area contributed by atoms with Gasteiger partial charge in [-0.1, -0.05) is 12.1 Å². The first-order valence-electron chi connectivity index (χ1n) is 7.33. The minimum Gasteiger partial charge on any atom is -0.423 e. The molecule has 0 aliphatic carbocycles. The molecule has 1 aliphatic rings. The van der Waals surface area contributed by atoms with Crippen LogP contribution in [0.15, 0.2) is 54.2 Å². The number of ether oxygens (including phenoxy) is 1. The van der Waals surface area contributed by atoms with Crippen LogP contribution in [0, 0.1) is 10.1 Å². The van der Waals surface area contributed by atoms with E-state index in [1.54, 1.807) is 30.3 Å². The van der Waals surface area contributed by atoms with Crippen molar-refractivity contribution in [1.82, 2.24) is 10.6 Å². The van der Waals surface area contributed by atoms with Crippen molar-refractivity contribution in [3.05, 3.63) is 75.5 Å². The molecule has 0 bridgehead atoms. The highest BCUT2D eigenvalue weighted by Crippen LogP contribution is 2.19. The van der Waals surface area contributed by atoms with Crippen molar-refractivity contribution >= 4 is 41.0 Å². The van der Waals surface area contributed by atoms with E-state index in [1.807, 2.05) is 0 Å². The van der Waals surface area contributed by atoms with Crippen LogP contribution in [0.3, 0.4) is 0 Å². The molecule has 26 heavy (non-hydrogen) atoms. The third-order valence-corrected chi connectivity index (χ3v) is 3.62. The molecule has 0 aromatic heterocycles. The molecule has 0 radical (unpaired) electrons. The van der Waals surface area contributed by atoms with Gasteiger partial charge in [0.1, 0.15) is 11.4 Å². The molecule has 1 heterocycles. The average molecular weight is 369 g/mol. The Morgan fingerprint density at radius 1 is 1.15 bits per heavy atom. The zero-order valence-electron chi connectivity index (χ0n) is 13.1. The molecule has 0 atom stereocenters. The second-order valence-corrected chi connectivity index (χ2v) is 5.64. The number of hydrogen-bond donors (Lipinski definition) is 2. The Balaban J connectivity index is 1.75. The maximum absolute atomic E-state index is 12.1. The fourth-order valence-electron chi connectivity index (χ4n) is 2.20. The number of nitrogens with one attached hydrogen (secondary N) is 2. The van der Waals surface area contributed by atoms with Crippen LogP contribution >= 0.6 is 12.2 Å². The molecular weight excluding hydrogens is 358 g/mol. The predicted molar refractivity (Wildman–Crippen MR) is 96.4 cm³/mol. The first-order chi connectivity index (χ1) is 12.4. The molecule has 1 saturated heterocycles. The summed E-state index contributed by atoms with van der Waals surface area (Å²) in [6, 6.07) is 11.6. The molecule has 130 valence electrons. The molecule has 8 nitrogen and oxygen atoms in total. The Kier molecular flexibility index (Phi) is 4.72. The van der Waals surface area contributed by atoms with E-state index in [1.165, 1.54) is 24.3 Å². The minimum absolute atomic E-state index is 0.115. The summed E-state index contributed by atoms with van der Waals surface area (Å²) >= 11 is 4.86. The molecule has 2 N–H and O–H groups in total. The highest BCUT2D eigenvalue weighted by Gasteiger charge is 2.20. The molecule has 2 aromatic carbocycles. The quantitative estimate of drug-likeness (QED) is 0.212. The molecule has 0 spiro atoms. The van der Waals surface area contributed by atoms with Gasteiger partial charge in [0.15, 0.2) is 5.11 Å². The topological polar surface area (TPSA) is 111 Å². The van der Waals surface area contributed by atoms with Gasteiger partial charge in [0.25, 0.3) is 11.6 Å². The summed E-state index contributed by atoms with van der Waals surface area (Å²) in [5, 5.41) is 16.0. The van der Waals surface area contributed by atoms with Gasteiger partial charge in [-0.3, -0.25) is 20.2 Å². The molecule has 1 amide bonds. The van der Waals surface area contributed by atoms with E-state index in [-0.39, 0.29) is 33.7 Å². The lowest BCUT2D eigenvalue weighted by Crippen LogP contribution is -2.21. The van der Waals surface area contributed by atoms with Crippen LogP contribution in [0.25, 0.3) is 6.08 Å². The number of rotatable bonds is 4. The lowest BCUT2D eigenvalue weighted by Gasteiger charge is -2.05. The summed E-state index contributed by atoms with van der Waals surface area (Å²) < 4.78 is 5.27. The third kappa shape index (κ3) is 3.90. The Morgan fingerprint density at radius 2 is 1.88 bits per heavy atom. The predicted octanol–water partition coefficient (Wildman–Crippen LogP) is 2.16. The summed E-state index contributed by atoms with van der Waals surface area (Å²) in [4.78, 5) is 33.9. The van der Waals surface area contributed by atoms with Crippen LogP contribution in [0.2, 0.25) is 0 Å². The van der Waals surface area contributed by atoms with Crippen LogP contribution in [0.4, 0.5) is 5.69 Å².